The second kappa shape index (κ2) is 7.99. The van der Waals surface area contributed by atoms with Gasteiger partial charge in [-0.15, -0.1) is 0 Å². The largest absolute Gasteiger partial charge is 0.444 e. The summed E-state index contributed by atoms with van der Waals surface area (Å²) in [4.78, 5) is 14.4. The van der Waals surface area contributed by atoms with Crippen molar-refractivity contribution in [1.29, 1.82) is 0 Å². The fraction of sp³-hybridized carbons (Fsp3) is 0.938. The molecule has 124 valence electrons. The van der Waals surface area contributed by atoms with Crippen LogP contribution in [0.5, 0.6) is 0 Å². The molecule has 3 N–H and O–H groups in total. The first-order chi connectivity index (χ1) is 9.74. The van der Waals surface area contributed by atoms with E-state index in [1.807, 2.05) is 27.7 Å². The summed E-state index contributed by atoms with van der Waals surface area (Å²) < 4.78 is 5.33. The van der Waals surface area contributed by atoms with E-state index in [0.29, 0.717) is 12.6 Å². The van der Waals surface area contributed by atoms with Crippen LogP contribution in [0, 0.1) is 0 Å². The van der Waals surface area contributed by atoms with Crippen LogP contribution < -0.4 is 11.1 Å². The second-order valence-electron chi connectivity index (χ2n) is 7.17. The van der Waals surface area contributed by atoms with Crippen molar-refractivity contribution >= 4 is 6.09 Å². The molecule has 1 rings (SSSR count). The van der Waals surface area contributed by atoms with Gasteiger partial charge in [0.2, 0.25) is 0 Å². The predicted octanol–water partition coefficient (Wildman–Crippen LogP) is 2.49. The van der Waals surface area contributed by atoms with Crippen LogP contribution in [0.4, 0.5) is 4.79 Å². The van der Waals surface area contributed by atoms with Crippen LogP contribution in [0.1, 0.15) is 60.3 Å². The summed E-state index contributed by atoms with van der Waals surface area (Å²) in [6, 6.07) is 0.653. The van der Waals surface area contributed by atoms with Gasteiger partial charge in [-0.1, -0.05) is 12.8 Å². The van der Waals surface area contributed by atoms with Gasteiger partial charge in [0.1, 0.15) is 5.60 Å². The smallest absolute Gasteiger partial charge is 0.407 e. The summed E-state index contributed by atoms with van der Waals surface area (Å²) in [5.41, 5.74) is 5.51. The Morgan fingerprint density at radius 3 is 2.62 bits per heavy atom. The first-order valence-electron chi connectivity index (χ1n) is 8.20. The summed E-state index contributed by atoms with van der Waals surface area (Å²) in [5, 5.41) is 2.94. The van der Waals surface area contributed by atoms with Gasteiger partial charge in [0.15, 0.2) is 0 Å². The predicted molar refractivity (Wildman–Crippen MR) is 86.3 cm³/mol. The third-order valence-electron chi connectivity index (χ3n) is 4.09. The molecule has 5 nitrogen and oxygen atoms in total. The summed E-state index contributed by atoms with van der Waals surface area (Å²) in [6.45, 7) is 11.5. The number of amides is 1. The van der Waals surface area contributed by atoms with Crippen LogP contribution >= 0.6 is 0 Å². The van der Waals surface area contributed by atoms with Crippen LogP contribution in [-0.4, -0.2) is 47.8 Å². The molecule has 0 aromatic rings. The Labute approximate surface area is 129 Å². The maximum Gasteiger partial charge on any atom is 0.407 e. The summed E-state index contributed by atoms with van der Waals surface area (Å²) >= 11 is 0. The zero-order valence-electron chi connectivity index (χ0n) is 14.3. The van der Waals surface area contributed by atoms with Crippen molar-refractivity contribution in [2.24, 2.45) is 5.73 Å². The van der Waals surface area contributed by atoms with Crippen molar-refractivity contribution in [2.45, 2.75) is 84.0 Å². The van der Waals surface area contributed by atoms with E-state index < -0.39 is 5.60 Å². The molecule has 0 aromatic heterocycles. The molecule has 1 fully saturated rings. The zero-order chi connectivity index (χ0) is 16.0. The molecule has 1 aliphatic rings. The third kappa shape index (κ3) is 6.22. The van der Waals surface area contributed by atoms with Gasteiger partial charge in [0.05, 0.1) is 0 Å². The minimum atomic E-state index is -0.474. The number of carbonyl (C=O) groups is 1. The van der Waals surface area contributed by atoms with Crippen molar-refractivity contribution < 1.29 is 9.53 Å². The fourth-order valence-corrected chi connectivity index (χ4v) is 3.01. The molecule has 0 bridgehead atoms. The van der Waals surface area contributed by atoms with E-state index in [1.54, 1.807) is 0 Å². The molecule has 21 heavy (non-hydrogen) atoms. The first kappa shape index (κ1) is 18.2. The summed E-state index contributed by atoms with van der Waals surface area (Å²) in [7, 11) is 0. The maximum absolute atomic E-state index is 11.9. The number of nitrogens with two attached hydrogens (primary N) is 1. The van der Waals surface area contributed by atoms with E-state index >= 15 is 0 Å². The molecule has 3 unspecified atom stereocenters. The standard InChI is InChI=1S/C16H33N3O2/c1-12-9-7-6-8-10-19(12)14(11-17)13(2)18-15(20)21-16(3,4)5/h12-14H,6-11,17H2,1-5H3,(H,18,20). The normalized spacial score (nSPS) is 24.0. The van der Waals surface area contributed by atoms with Gasteiger partial charge >= 0.3 is 6.09 Å². The first-order valence-corrected chi connectivity index (χ1v) is 8.20. The molecule has 1 aliphatic heterocycles. The lowest BCUT2D eigenvalue weighted by atomic mass is 10.0. The van der Waals surface area contributed by atoms with E-state index in [0.717, 1.165) is 6.54 Å². The van der Waals surface area contributed by atoms with Crippen molar-refractivity contribution in [2.75, 3.05) is 13.1 Å². The average molecular weight is 299 g/mol. The molecular formula is C16H33N3O2. The van der Waals surface area contributed by atoms with Gasteiger partial charge in [0.25, 0.3) is 0 Å². The number of carbonyl (C=O) groups excluding carboxylic acids is 1. The summed E-state index contributed by atoms with van der Waals surface area (Å²) in [6.07, 6.45) is 4.61. The monoisotopic (exact) mass is 299 g/mol. The highest BCUT2D eigenvalue weighted by Gasteiger charge is 2.29. The van der Waals surface area contributed by atoms with Crippen LogP contribution in [0.25, 0.3) is 0 Å². The molecule has 0 aliphatic carbocycles. The third-order valence-corrected chi connectivity index (χ3v) is 4.09. The van der Waals surface area contributed by atoms with Crippen LogP contribution in [0.15, 0.2) is 0 Å². The lowest BCUT2D eigenvalue weighted by molar-refractivity contribution is 0.0451. The Morgan fingerprint density at radius 1 is 1.38 bits per heavy atom. The number of alkyl carbamates (subject to hydrolysis) is 1. The number of ether oxygens (including phenoxy) is 1. The quantitative estimate of drug-likeness (QED) is 0.837. The van der Waals surface area contributed by atoms with Gasteiger partial charge in [-0.05, 0) is 54.0 Å². The van der Waals surface area contributed by atoms with E-state index in [-0.39, 0.29) is 18.2 Å². The Hall–Kier alpha value is -0.810. The fourth-order valence-electron chi connectivity index (χ4n) is 3.01. The molecule has 1 amide bonds. The maximum atomic E-state index is 11.9. The number of hydrogen-bond acceptors (Lipinski definition) is 4. The number of rotatable bonds is 4. The number of likely N-dealkylation sites (tertiary alicyclic amines) is 1. The highest BCUT2D eigenvalue weighted by molar-refractivity contribution is 5.68. The van der Waals surface area contributed by atoms with E-state index in [2.05, 4.69) is 17.1 Å². The van der Waals surface area contributed by atoms with Crippen LogP contribution in [0.2, 0.25) is 0 Å². The van der Waals surface area contributed by atoms with E-state index in [4.69, 9.17) is 10.5 Å². The molecule has 0 saturated carbocycles. The van der Waals surface area contributed by atoms with Crippen molar-refractivity contribution in [3.63, 3.8) is 0 Å². The Balaban J connectivity index is 2.63. The lowest BCUT2D eigenvalue weighted by Crippen LogP contribution is -2.56. The molecule has 1 heterocycles. The van der Waals surface area contributed by atoms with Crippen molar-refractivity contribution in [1.82, 2.24) is 10.2 Å². The Kier molecular flexibility index (Phi) is 6.94. The molecule has 0 aromatic carbocycles. The highest BCUT2D eigenvalue weighted by atomic mass is 16.6. The SMILES string of the molecule is CC(NC(=O)OC(C)(C)C)C(CN)N1CCCCCC1C. The minimum Gasteiger partial charge on any atom is -0.444 e. The second-order valence-corrected chi connectivity index (χ2v) is 7.17. The highest BCUT2D eigenvalue weighted by Crippen LogP contribution is 2.20. The topological polar surface area (TPSA) is 67.6 Å². The van der Waals surface area contributed by atoms with Crippen molar-refractivity contribution in [3.05, 3.63) is 0 Å². The Morgan fingerprint density at radius 2 is 2.05 bits per heavy atom. The molecule has 1 saturated heterocycles. The van der Waals surface area contributed by atoms with Gasteiger partial charge in [-0.3, -0.25) is 4.90 Å². The summed E-state index contributed by atoms with van der Waals surface area (Å²) in [5.74, 6) is 0. The molecular weight excluding hydrogens is 266 g/mol. The van der Waals surface area contributed by atoms with E-state index in [1.165, 1.54) is 25.7 Å². The van der Waals surface area contributed by atoms with Crippen LogP contribution in [-0.2, 0) is 4.74 Å². The molecule has 0 radical (unpaired) electrons. The van der Waals surface area contributed by atoms with E-state index in [9.17, 15) is 4.79 Å². The Bertz CT molecular complexity index is 328. The average Bonchev–Trinajstić information content (AvgIpc) is 2.53. The molecule has 0 spiro atoms. The van der Waals surface area contributed by atoms with Crippen molar-refractivity contribution in [3.8, 4) is 0 Å². The van der Waals surface area contributed by atoms with Gasteiger partial charge < -0.3 is 15.8 Å². The minimum absolute atomic E-state index is 0.0228. The van der Waals surface area contributed by atoms with Crippen LogP contribution in [0.3, 0.4) is 0 Å². The molecule has 5 heteroatoms. The number of hydrogen-bond donors (Lipinski definition) is 2. The van der Waals surface area contributed by atoms with Gasteiger partial charge in [-0.25, -0.2) is 4.79 Å². The van der Waals surface area contributed by atoms with Gasteiger partial charge in [-0.2, -0.15) is 0 Å². The number of nitrogens with one attached hydrogen (secondary N) is 1. The van der Waals surface area contributed by atoms with Gasteiger partial charge in [0, 0.05) is 24.7 Å². The zero-order valence-corrected chi connectivity index (χ0v) is 14.3. The number of nitrogens with zero attached hydrogens (tertiary/aromatic N) is 1. The lowest BCUT2D eigenvalue weighted by Gasteiger charge is -2.38. The molecule has 3 atom stereocenters.